The first-order valence-corrected chi connectivity index (χ1v) is 5.17. The Hall–Kier alpha value is -0.860. The van der Waals surface area contributed by atoms with E-state index >= 15 is 0 Å². The van der Waals surface area contributed by atoms with E-state index in [-0.39, 0.29) is 6.10 Å². The van der Waals surface area contributed by atoms with Crippen LogP contribution in [0, 0.1) is 6.92 Å². The number of hydrogen-bond acceptors (Lipinski definition) is 2. The van der Waals surface area contributed by atoms with Gasteiger partial charge in [0.2, 0.25) is 0 Å². The molecule has 0 amide bonds. The number of fused-ring (bicyclic) bond motifs is 1. The van der Waals surface area contributed by atoms with E-state index in [2.05, 4.69) is 19.1 Å². The number of benzene rings is 1. The summed E-state index contributed by atoms with van der Waals surface area (Å²) in [5.74, 6) is 0. The molecule has 0 aliphatic heterocycles. The maximum absolute atomic E-state index is 9.54. The van der Waals surface area contributed by atoms with Gasteiger partial charge in [-0.2, -0.15) is 0 Å². The molecule has 13 heavy (non-hydrogen) atoms. The molecule has 0 fully saturated rings. The van der Waals surface area contributed by atoms with Gasteiger partial charge in [0.25, 0.3) is 0 Å². The summed E-state index contributed by atoms with van der Waals surface area (Å²) in [7, 11) is 0. The molecule has 1 aromatic carbocycles. The van der Waals surface area contributed by atoms with E-state index in [0.717, 1.165) is 5.56 Å². The smallest absolute Gasteiger partial charge is 0.0775 e. The van der Waals surface area contributed by atoms with Crippen molar-refractivity contribution in [1.82, 2.24) is 0 Å². The third-order valence-electron chi connectivity index (χ3n) is 2.15. The second-order valence-corrected chi connectivity index (χ2v) is 4.55. The molecular formula is C11H12OS. The van der Waals surface area contributed by atoms with Crippen molar-refractivity contribution < 1.29 is 5.11 Å². The van der Waals surface area contributed by atoms with E-state index in [0.29, 0.717) is 0 Å². The van der Waals surface area contributed by atoms with E-state index in [4.69, 9.17) is 0 Å². The van der Waals surface area contributed by atoms with Crippen LogP contribution in [0.3, 0.4) is 0 Å². The second-order valence-electron chi connectivity index (χ2n) is 3.30. The van der Waals surface area contributed by atoms with Crippen LogP contribution in [0.2, 0.25) is 0 Å². The Bertz CT molecular complexity index is 429. The predicted octanol–water partition coefficient (Wildman–Crippen LogP) is 3.26. The molecule has 2 aromatic rings. The fourth-order valence-corrected chi connectivity index (χ4v) is 2.65. The first-order chi connectivity index (χ1) is 6.18. The molecule has 1 aromatic heterocycles. The Balaban J connectivity index is 2.75. The molecule has 0 radical (unpaired) electrons. The molecule has 0 saturated carbocycles. The molecule has 0 saturated heterocycles. The second kappa shape index (κ2) is 3.13. The standard InChI is InChI=1S/C11H12OS/c1-7-6-9-4-3-5-10(8(2)12)11(9)13-7/h3-6,8,12H,1-2H3. The molecule has 1 N–H and O–H groups in total. The predicted molar refractivity (Wildman–Crippen MR) is 57.2 cm³/mol. The van der Waals surface area contributed by atoms with Crippen LogP contribution in [0.5, 0.6) is 0 Å². The van der Waals surface area contributed by atoms with Gasteiger partial charge in [-0.15, -0.1) is 11.3 Å². The Morgan fingerprint density at radius 2 is 2.15 bits per heavy atom. The summed E-state index contributed by atoms with van der Waals surface area (Å²) in [6.45, 7) is 3.90. The maximum atomic E-state index is 9.54. The molecule has 68 valence electrons. The molecule has 1 heterocycles. The number of rotatable bonds is 1. The zero-order valence-corrected chi connectivity index (χ0v) is 8.56. The van der Waals surface area contributed by atoms with E-state index in [1.807, 2.05) is 19.1 Å². The van der Waals surface area contributed by atoms with Crippen LogP contribution in [0.1, 0.15) is 23.5 Å². The van der Waals surface area contributed by atoms with E-state index in [9.17, 15) is 5.11 Å². The summed E-state index contributed by atoms with van der Waals surface area (Å²) >= 11 is 1.75. The molecule has 1 nitrogen and oxygen atoms in total. The number of thiophene rings is 1. The van der Waals surface area contributed by atoms with Gasteiger partial charge in [0, 0.05) is 9.58 Å². The highest BCUT2D eigenvalue weighted by atomic mass is 32.1. The van der Waals surface area contributed by atoms with Gasteiger partial charge in [0.15, 0.2) is 0 Å². The summed E-state index contributed by atoms with van der Waals surface area (Å²) in [6.07, 6.45) is -0.373. The highest BCUT2D eigenvalue weighted by Crippen LogP contribution is 2.31. The van der Waals surface area contributed by atoms with Crippen LogP contribution in [0.15, 0.2) is 24.3 Å². The monoisotopic (exact) mass is 192 g/mol. The molecule has 2 heteroatoms. The highest BCUT2D eigenvalue weighted by molar-refractivity contribution is 7.19. The van der Waals surface area contributed by atoms with Crippen molar-refractivity contribution in [2.45, 2.75) is 20.0 Å². The number of aliphatic hydroxyl groups excluding tert-OH is 1. The van der Waals surface area contributed by atoms with Gasteiger partial charge < -0.3 is 5.11 Å². The zero-order valence-electron chi connectivity index (χ0n) is 7.74. The van der Waals surface area contributed by atoms with Gasteiger partial charge in [-0.05, 0) is 30.9 Å². The normalized spacial score (nSPS) is 13.5. The van der Waals surface area contributed by atoms with Gasteiger partial charge in [-0.1, -0.05) is 18.2 Å². The van der Waals surface area contributed by atoms with Gasteiger partial charge in [-0.25, -0.2) is 0 Å². The van der Waals surface area contributed by atoms with Gasteiger partial charge in [0.05, 0.1) is 6.10 Å². The summed E-state index contributed by atoms with van der Waals surface area (Å²) < 4.78 is 1.22. The average molecular weight is 192 g/mol. The molecule has 2 rings (SSSR count). The quantitative estimate of drug-likeness (QED) is 0.735. The van der Waals surface area contributed by atoms with Crippen LogP contribution in [0.4, 0.5) is 0 Å². The molecule has 1 unspecified atom stereocenters. The van der Waals surface area contributed by atoms with Crippen LogP contribution in [-0.2, 0) is 0 Å². The van der Waals surface area contributed by atoms with Crippen LogP contribution in [-0.4, -0.2) is 5.11 Å². The van der Waals surface area contributed by atoms with Crippen LogP contribution in [0.25, 0.3) is 10.1 Å². The molecule has 0 aliphatic carbocycles. The van der Waals surface area contributed by atoms with Crippen molar-refractivity contribution in [1.29, 1.82) is 0 Å². The lowest BCUT2D eigenvalue weighted by Crippen LogP contribution is -1.89. The third kappa shape index (κ3) is 1.47. The molecule has 0 bridgehead atoms. The lowest BCUT2D eigenvalue weighted by molar-refractivity contribution is 0.201. The van der Waals surface area contributed by atoms with Crippen LogP contribution < -0.4 is 0 Å². The Morgan fingerprint density at radius 3 is 2.85 bits per heavy atom. The van der Waals surface area contributed by atoms with Crippen molar-refractivity contribution in [2.24, 2.45) is 0 Å². The lowest BCUT2D eigenvalue weighted by atomic mass is 10.1. The van der Waals surface area contributed by atoms with E-state index in [1.54, 1.807) is 11.3 Å². The summed E-state index contributed by atoms with van der Waals surface area (Å²) in [5, 5.41) is 10.8. The minimum Gasteiger partial charge on any atom is -0.389 e. The van der Waals surface area contributed by atoms with Gasteiger partial charge in [0.1, 0.15) is 0 Å². The minimum atomic E-state index is -0.373. The number of aryl methyl sites for hydroxylation is 1. The summed E-state index contributed by atoms with van der Waals surface area (Å²) in [6, 6.07) is 8.23. The minimum absolute atomic E-state index is 0.373. The van der Waals surface area contributed by atoms with Crippen molar-refractivity contribution >= 4 is 21.4 Å². The molecule has 1 atom stereocenters. The Morgan fingerprint density at radius 1 is 1.38 bits per heavy atom. The van der Waals surface area contributed by atoms with E-state index < -0.39 is 0 Å². The Kier molecular flexibility index (Phi) is 2.10. The molecule has 0 spiro atoms. The highest BCUT2D eigenvalue weighted by Gasteiger charge is 2.07. The lowest BCUT2D eigenvalue weighted by Gasteiger charge is -2.04. The Labute approximate surface area is 81.6 Å². The van der Waals surface area contributed by atoms with Crippen molar-refractivity contribution in [3.63, 3.8) is 0 Å². The SMILES string of the molecule is Cc1cc2cccc(C(C)O)c2s1. The van der Waals surface area contributed by atoms with Gasteiger partial charge >= 0.3 is 0 Å². The fourth-order valence-electron chi connectivity index (χ4n) is 1.54. The molecule has 0 aliphatic rings. The largest absolute Gasteiger partial charge is 0.389 e. The fraction of sp³-hybridized carbons (Fsp3) is 0.273. The zero-order chi connectivity index (χ0) is 9.42. The number of aliphatic hydroxyl groups is 1. The first kappa shape index (κ1) is 8.73. The van der Waals surface area contributed by atoms with Crippen molar-refractivity contribution in [2.75, 3.05) is 0 Å². The average Bonchev–Trinajstić information content (AvgIpc) is 2.43. The first-order valence-electron chi connectivity index (χ1n) is 4.35. The molecular weight excluding hydrogens is 180 g/mol. The summed E-state index contributed by atoms with van der Waals surface area (Å²) in [5.41, 5.74) is 1.04. The third-order valence-corrected chi connectivity index (χ3v) is 3.26. The number of hydrogen-bond donors (Lipinski definition) is 1. The van der Waals surface area contributed by atoms with Crippen molar-refractivity contribution in [3.05, 3.63) is 34.7 Å². The van der Waals surface area contributed by atoms with E-state index in [1.165, 1.54) is 15.0 Å². The maximum Gasteiger partial charge on any atom is 0.0775 e. The van der Waals surface area contributed by atoms with Gasteiger partial charge in [-0.3, -0.25) is 0 Å². The topological polar surface area (TPSA) is 20.2 Å². The van der Waals surface area contributed by atoms with Crippen LogP contribution >= 0.6 is 11.3 Å². The van der Waals surface area contributed by atoms with Crippen molar-refractivity contribution in [3.8, 4) is 0 Å². The summed E-state index contributed by atoms with van der Waals surface area (Å²) in [4.78, 5) is 1.29.